The summed E-state index contributed by atoms with van der Waals surface area (Å²) in [6.45, 7) is 10.2. The van der Waals surface area contributed by atoms with E-state index in [1.807, 2.05) is 18.2 Å². The van der Waals surface area contributed by atoms with Gasteiger partial charge in [0.25, 0.3) is 0 Å². The van der Waals surface area contributed by atoms with Crippen LogP contribution >= 0.6 is 35.2 Å². The standard InChI is InChI=1S/C21H26ClN3S2/c1-14-17(18-12-15(22)7-8-19(18)23-14)9-10-25(13-16-6-5-11-27-16)20(26)24-21(2,3)4/h5-8,11-12,23H,9-10,13H2,1-4H3,(H,24,26). The van der Waals surface area contributed by atoms with Crippen LogP contribution in [0.25, 0.3) is 10.9 Å². The number of aromatic nitrogens is 1. The molecule has 6 heteroatoms. The number of rotatable bonds is 5. The molecular weight excluding hydrogens is 394 g/mol. The number of aromatic amines is 1. The normalized spacial score (nSPS) is 11.7. The minimum atomic E-state index is -0.0605. The second kappa shape index (κ2) is 8.21. The maximum absolute atomic E-state index is 6.23. The summed E-state index contributed by atoms with van der Waals surface area (Å²) in [4.78, 5) is 7.04. The zero-order chi connectivity index (χ0) is 19.6. The first kappa shape index (κ1) is 20.2. The van der Waals surface area contributed by atoms with Gasteiger partial charge in [-0.25, -0.2) is 0 Å². The Labute approximate surface area is 175 Å². The van der Waals surface area contributed by atoms with E-state index in [4.69, 9.17) is 23.8 Å². The van der Waals surface area contributed by atoms with Crippen LogP contribution in [0.5, 0.6) is 0 Å². The van der Waals surface area contributed by atoms with Crippen LogP contribution in [0.3, 0.4) is 0 Å². The molecule has 0 radical (unpaired) electrons. The number of nitrogens with one attached hydrogen (secondary N) is 2. The van der Waals surface area contributed by atoms with Gasteiger partial charge >= 0.3 is 0 Å². The predicted octanol–water partition coefficient (Wildman–Crippen LogP) is 5.91. The fraction of sp³-hybridized carbons (Fsp3) is 0.381. The summed E-state index contributed by atoms with van der Waals surface area (Å²) in [6, 6.07) is 10.3. The maximum Gasteiger partial charge on any atom is 0.169 e. The molecule has 0 atom stereocenters. The van der Waals surface area contributed by atoms with Gasteiger partial charge in [-0.2, -0.15) is 0 Å². The number of halogens is 1. The molecule has 0 aliphatic heterocycles. The monoisotopic (exact) mass is 419 g/mol. The van der Waals surface area contributed by atoms with Crippen LogP contribution in [0.2, 0.25) is 5.02 Å². The summed E-state index contributed by atoms with van der Waals surface area (Å²) in [5.41, 5.74) is 3.57. The van der Waals surface area contributed by atoms with Crippen LogP contribution in [0.4, 0.5) is 0 Å². The minimum Gasteiger partial charge on any atom is -0.358 e. The molecule has 0 amide bonds. The quantitative estimate of drug-likeness (QED) is 0.504. The number of benzene rings is 1. The molecule has 1 aromatic carbocycles. The molecule has 0 aliphatic rings. The lowest BCUT2D eigenvalue weighted by molar-refractivity contribution is 0.388. The highest BCUT2D eigenvalue weighted by Gasteiger charge is 2.18. The van der Waals surface area contributed by atoms with Crippen molar-refractivity contribution in [3.05, 3.63) is 56.9 Å². The molecule has 0 saturated carbocycles. The lowest BCUT2D eigenvalue weighted by Crippen LogP contribution is -2.48. The van der Waals surface area contributed by atoms with Crippen LogP contribution in [-0.2, 0) is 13.0 Å². The molecule has 0 spiro atoms. The third kappa shape index (κ3) is 5.24. The van der Waals surface area contributed by atoms with E-state index >= 15 is 0 Å². The first-order valence-electron chi connectivity index (χ1n) is 9.09. The third-order valence-electron chi connectivity index (χ3n) is 4.41. The van der Waals surface area contributed by atoms with Crippen molar-refractivity contribution < 1.29 is 0 Å². The highest BCUT2D eigenvalue weighted by atomic mass is 35.5. The van der Waals surface area contributed by atoms with Gasteiger partial charge in [-0.05, 0) is 81.5 Å². The molecule has 0 unspecified atom stereocenters. The molecule has 2 N–H and O–H groups in total. The van der Waals surface area contributed by atoms with E-state index in [-0.39, 0.29) is 5.54 Å². The second-order valence-electron chi connectivity index (χ2n) is 7.85. The molecule has 0 saturated heterocycles. The molecule has 3 nitrogen and oxygen atoms in total. The second-order valence-corrected chi connectivity index (χ2v) is 9.70. The summed E-state index contributed by atoms with van der Waals surface area (Å²) in [7, 11) is 0. The molecule has 2 aromatic heterocycles. The molecule has 0 bridgehead atoms. The van der Waals surface area contributed by atoms with Crippen molar-refractivity contribution in [2.75, 3.05) is 6.54 Å². The fourth-order valence-electron chi connectivity index (χ4n) is 3.17. The van der Waals surface area contributed by atoms with E-state index in [1.165, 1.54) is 21.5 Å². The summed E-state index contributed by atoms with van der Waals surface area (Å²) < 4.78 is 0. The van der Waals surface area contributed by atoms with Crippen LogP contribution in [-0.4, -0.2) is 27.1 Å². The van der Waals surface area contributed by atoms with E-state index < -0.39 is 0 Å². The van der Waals surface area contributed by atoms with Gasteiger partial charge in [0.2, 0.25) is 0 Å². The van der Waals surface area contributed by atoms with Crippen LogP contribution < -0.4 is 5.32 Å². The summed E-state index contributed by atoms with van der Waals surface area (Å²) in [5.74, 6) is 0. The topological polar surface area (TPSA) is 31.1 Å². The SMILES string of the molecule is Cc1[nH]c2ccc(Cl)cc2c1CCN(Cc1cccs1)C(=S)NC(C)(C)C. The number of H-pyrrole nitrogens is 1. The molecular formula is C21H26ClN3S2. The Morgan fingerprint density at radius 1 is 1.30 bits per heavy atom. The minimum absolute atomic E-state index is 0.0605. The Hall–Kier alpha value is -1.56. The zero-order valence-electron chi connectivity index (χ0n) is 16.2. The predicted molar refractivity (Wildman–Crippen MR) is 122 cm³/mol. The Morgan fingerprint density at radius 2 is 2.07 bits per heavy atom. The van der Waals surface area contributed by atoms with Gasteiger partial charge in [0, 0.05) is 38.6 Å². The van der Waals surface area contributed by atoms with Crippen molar-refractivity contribution in [3.63, 3.8) is 0 Å². The number of hydrogen-bond donors (Lipinski definition) is 2. The number of nitrogens with zero attached hydrogens (tertiary/aromatic N) is 1. The van der Waals surface area contributed by atoms with Gasteiger partial charge in [0.1, 0.15) is 0 Å². The van der Waals surface area contributed by atoms with Crippen molar-refractivity contribution in [1.29, 1.82) is 0 Å². The van der Waals surface area contributed by atoms with Gasteiger partial charge in [-0.1, -0.05) is 17.7 Å². The number of thiophene rings is 1. The first-order valence-corrected chi connectivity index (χ1v) is 10.8. The van der Waals surface area contributed by atoms with Crippen molar-refractivity contribution in [2.24, 2.45) is 0 Å². The van der Waals surface area contributed by atoms with Gasteiger partial charge in [-0.15, -0.1) is 11.3 Å². The van der Waals surface area contributed by atoms with Crippen molar-refractivity contribution in [3.8, 4) is 0 Å². The number of thiocarbonyl (C=S) groups is 1. The Balaban J connectivity index is 1.81. The van der Waals surface area contributed by atoms with Crippen molar-refractivity contribution >= 4 is 51.2 Å². The van der Waals surface area contributed by atoms with Crippen LogP contribution in [0, 0.1) is 6.92 Å². The number of hydrogen-bond acceptors (Lipinski definition) is 2. The summed E-state index contributed by atoms with van der Waals surface area (Å²) in [6.07, 6.45) is 0.906. The maximum atomic E-state index is 6.23. The molecule has 2 heterocycles. The Morgan fingerprint density at radius 3 is 2.74 bits per heavy atom. The molecule has 0 fully saturated rings. The fourth-order valence-corrected chi connectivity index (χ4v) is 4.52. The Bertz CT molecular complexity index is 923. The van der Waals surface area contributed by atoms with Gasteiger partial charge in [-0.3, -0.25) is 0 Å². The van der Waals surface area contributed by atoms with Gasteiger partial charge in [0.05, 0.1) is 6.54 Å². The lowest BCUT2D eigenvalue weighted by Gasteiger charge is -2.31. The number of aryl methyl sites for hydroxylation is 1. The molecule has 3 aromatic rings. The average Bonchev–Trinajstić information content (AvgIpc) is 3.17. The zero-order valence-corrected chi connectivity index (χ0v) is 18.6. The van der Waals surface area contributed by atoms with Crippen LogP contribution in [0.1, 0.15) is 36.9 Å². The van der Waals surface area contributed by atoms with Gasteiger partial charge in [0.15, 0.2) is 5.11 Å². The van der Waals surface area contributed by atoms with Crippen molar-refractivity contribution in [2.45, 2.75) is 46.2 Å². The molecule has 0 aliphatic carbocycles. The van der Waals surface area contributed by atoms with Crippen LogP contribution in [0.15, 0.2) is 35.7 Å². The summed E-state index contributed by atoms with van der Waals surface area (Å²) >= 11 is 13.7. The lowest BCUT2D eigenvalue weighted by atomic mass is 10.1. The van der Waals surface area contributed by atoms with E-state index in [0.29, 0.717) is 0 Å². The van der Waals surface area contributed by atoms with Crippen molar-refractivity contribution in [1.82, 2.24) is 15.2 Å². The van der Waals surface area contributed by atoms with E-state index in [0.717, 1.165) is 35.2 Å². The number of fused-ring (bicyclic) bond motifs is 1. The third-order valence-corrected chi connectivity index (χ3v) is 5.87. The smallest absolute Gasteiger partial charge is 0.169 e. The highest BCUT2D eigenvalue weighted by molar-refractivity contribution is 7.80. The molecule has 3 rings (SSSR count). The van der Waals surface area contributed by atoms with E-state index in [1.54, 1.807) is 11.3 Å². The average molecular weight is 420 g/mol. The first-order chi connectivity index (χ1) is 12.7. The Kier molecular flexibility index (Phi) is 6.14. The molecule has 144 valence electrons. The largest absolute Gasteiger partial charge is 0.358 e. The van der Waals surface area contributed by atoms with E-state index in [9.17, 15) is 0 Å². The molecule has 27 heavy (non-hydrogen) atoms. The van der Waals surface area contributed by atoms with E-state index in [2.05, 4.69) is 60.4 Å². The highest BCUT2D eigenvalue weighted by Crippen LogP contribution is 2.26. The van der Waals surface area contributed by atoms with Gasteiger partial charge < -0.3 is 15.2 Å². The summed E-state index contributed by atoms with van der Waals surface area (Å²) in [5, 5.41) is 8.33.